The molecule has 0 fully saturated rings. The number of amides is 1. The summed E-state index contributed by atoms with van der Waals surface area (Å²) in [6.07, 6.45) is 0.669. The molecular formula is C8H17NO4P+. The lowest BCUT2D eigenvalue weighted by molar-refractivity contribution is 0.152. The average Bonchev–Trinajstić information content (AvgIpc) is 2.13. The number of ether oxygens (including phenoxy) is 1. The first-order valence-electron chi connectivity index (χ1n) is 4.68. The summed E-state index contributed by atoms with van der Waals surface area (Å²) in [5.74, 6) is 0. The molecule has 0 aliphatic heterocycles. The number of carbonyl (C=O) groups is 1. The summed E-state index contributed by atoms with van der Waals surface area (Å²) in [5.41, 5.74) is 0. The summed E-state index contributed by atoms with van der Waals surface area (Å²) >= 11 is 0. The third-order valence-corrected chi connectivity index (χ3v) is 2.56. The first-order valence-corrected chi connectivity index (χ1v) is 6.05. The number of alkyl carbamates (subject to hydrolysis) is 1. The summed E-state index contributed by atoms with van der Waals surface area (Å²) in [5, 5.41) is 2.54. The van der Waals surface area contributed by atoms with Crippen molar-refractivity contribution in [1.82, 2.24) is 5.32 Å². The SMILES string of the molecule is CCOC(=O)NCCC[P+](=O)OCC. The van der Waals surface area contributed by atoms with E-state index in [1.54, 1.807) is 13.8 Å². The van der Waals surface area contributed by atoms with E-state index in [0.717, 1.165) is 0 Å². The third-order valence-electron chi connectivity index (χ3n) is 1.34. The minimum Gasteiger partial charge on any atom is -0.450 e. The van der Waals surface area contributed by atoms with Crippen LogP contribution in [0.5, 0.6) is 0 Å². The topological polar surface area (TPSA) is 64.6 Å². The van der Waals surface area contributed by atoms with Gasteiger partial charge in [0.2, 0.25) is 0 Å². The van der Waals surface area contributed by atoms with Crippen molar-refractivity contribution in [3.63, 3.8) is 0 Å². The first-order chi connectivity index (χ1) is 6.70. The zero-order valence-electron chi connectivity index (χ0n) is 8.62. The molecule has 0 aromatic carbocycles. The van der Waals surface area contributed by atoms with Crippen molar-refractivity contribution in [2.45, 2.75) is 20.3 Å². The van der Waals surface area contributed by atoms with Crippen LogP contribution in [-0.4, -0.2) is 32.0 Å². The fourth-order valence-corrected chi connectivity index (χ4v) is 1.62. The molecule has 14 heavy (non-hydrogen) atoms. The Morgan fingerprint density at radius 3 is 2.64 bits per heavy atom. The van der Waals surface area contributed by atoms with Crippen LogP contribution in [0.1, 0.15) is 20.3 Å². The smallest absolute Gasteiger partial charge is 0.450 e. The highest BCUT2D eigenvalue weighted by molar-refractivity contribution is 7.39. The Balaban J connectivity index is 3.28. The van der Waals surface area contributed by atoms with Crippen molar-refractivity contribution in [1.29, 1.82) is 0 Å². The molecule has 0 aromatic rings. The molecule has 6 heteroatoms. The molecule has 0 heterocycles. The van der Waals surface area contributed by atoms with Crippen molar-refractivity contribution in [2.24, 2.45) is 0 Å². The molecule has 1 amide bonds. The van der Waals surface area contributed by atoms with Gasteiger partial charge >= 0.3 is 14.1 Å². The Morgan fingerprint density at radius 1 is 1.36 bits per heavy atom. The number of carbonyl (C=O) groups excluding carboxylic acids is 1. The van der Waals surface area contributed by atoms with Gasteiger partial charge in [0, 0.05) is 13.0 Å². The van der Waals surface area contributed by atoms with Crippen LogP contribution in [0.15, 0.2) is 0 Å². The van der Waals surface area contributed by atoms with Gasteiger partial charge in [0.1, 0.15) is 0 Å². The van der Waals surface area contributed by atoms with Crippen LogP contribution >= 0.6 is 8.03 Å². The van der Waals surface area contributed by atoms with Crippen molar-refractivity contribution in [3.8, 4) is 0 Å². The molecule has 0 spiro atoms. The van der Waals surface area contributed by atoms with Crippen molar-refractivity contribution in [2.75, 3.05) is 25.9 Å². The van der Waals surface area contributed by atoms with E-state index in [1.165, 1.54) is 0 Å². The normalized spacial score (nSPS) is 10.9. The second kappa shape index (κ2) is 8.91. The lowest BCUT2D eigenvalue weighted by atomic mass is 10.5. The number of nitrogens with one attached hydrogen (secondary N) is 1. The molecule has 82 valence electrons. The van der Waals surface area contributed by atoms with Gasteiger partial charge < -0.3 is 10.1 Å². The predicted molar refractivity (Wildman–Crippen MR) is 53.7 cm³/mol. The van der Waals surface area contributed by atoms with Gasteiger partial charge in [0.15, 0.2) is 6.16 Å². The minimum absolute atomic E-state index is 0.360. The van der Waals surface area contributed by atoms with Crippen molar-refractivity contribution < 1.29 is 18.6 Å². The van der Waals surface area contributed by atoms with E-state index in [2.05, 4.69) is 10.1 Å². The molecule has 1 unspecified atom stereocenters. The largest absolute Gasteiger partial charge is 0.508 e. The van der Waals surface area contributed by atoms with Gasteiger partial charge in [-0.25, -0.2) is 4.79 Å². The van der Waals surface area contributed by atoms with Gasteiger partial charge in [-0.1, -0.05) is 0 Å². The molecule has 0 aromatic heterocycles. The predicted octanol–water partition coefficient (Wildman–Crippen LogP) is 1.90. The van der Waals surface area contributed by atoms with Gasteiger partial charge in [-0.2, -0.15) is 0 Å². The van der Waals surface area contributed by atoms with E-state index < -0.39 is 14.1 Å². The van der Waals surface area contributed by atoms with Crippen molar-refractivity contribution >= 4 is 14.1 Å². The van der Waals surface area contributed by atoms with Crippen LogP contribution in [0.4, 0.5) is 4.79 Å². The average molecular weight is 222 g/mol. The molecule has 0 radical (unpaired) electrons. The quantitative estimate of drug-likeness (QED) is 0.527. The molecule has 1 atom stereocenters. The van der Waals surface area contributed by atoms with Gasteiger partial charge in [0.05, 0.1) is 13.2 Å². The summed E-state index contributed by atoms with van der Waals surface area (Å²) in [6, 6.07) is 0. The molecule has 0 saturated heterocycles. The highest BCUT2D eigenvalue weighted by Crippen LogP contribution is 2.21. The number of rotatable bonds is 7. The van der Waals surface area contributed by atoms with Gasteiger partial charge in [-0.15, -0.1) is 4.52 Å². The van der Waals surface area contributed by atoms with Crippen LogP contribution < -0.4 is 5.32 Å². The summed E-state index contributed by atoms with van der Waals surface area (Å²) in [4.78, 5) is 10.8. The lowest BCUT2D eigenvalue weighted by Gasteiger charge is -2.01. The minimum atomic E-state index is -1.56. The van der Waals surface area contributed by atoms with Crippen LogP contribution in [-0.2, 0) is 13.8 Å². The monoisotopic (exact) mass is 222 g/mol. The fourth-order valence-electron chi connectivity index (χ4n) is 0.789. The maximum absolute atomic E-state index is 11.0. The zero-order chi connectivity index (χ0) is 10.8. The summed E-state index contributed by atoms with van der Waals surface area (Å²) in [7, 11) is -1.56. The van der Waals surface area contributed by atoms with E-state index in [-0.39, 0.29) is 0 Å². The number of hydrogen-bond donors (Lipinski definition) is 1. The lowest BCUT2D eigenvalue weighted by Crippen LogP contribution is -2.25. The molecule has 1 N–H and O–H groups in total. The van der Waals surface area contributed by atoms with E-state index in [0.29, 0.717) is 32.3 Å². The molecule has 0 aliphatic rings. The standard InChI is InChI=1S/C8H16NO4P/c1-3-12-8(10)9-6-5-7-14(11)13-4-2/h3-7H2,1-2H3/p+1. The fraction of sp³-hybridized carbons (Fsp3) is 0.875. The molecule has 0 saturated carbocycles. The molecule has 5 nitrogen and oxygen atoms in total. The van der Waals surface area contributed by atoms with Crippen LogP contribution in [0.3, 0.4) is 0 Å². The Kier molecular flexibility index (Phi) is 8.48. The van der Waals surface area contributed by atoms with E-state index in [1.807, 2.05) is 0 Å². The van der Waals surface area contributed by atoms with E-state index in [4.69, 9.17) is 4.52 Å². The second-order valence-electron chi connectivity index (χ2n) is 2.47. The molecular weight excluding hydrogens is 205 g/mol. The first kappa shape index (κ1) is 13.3. The maximum atomic E-state index is 11.0. The van der Waals surface area contributed by atoms with Crippen LogP contribution in [0.25, 0.3) is 0 Å². The van der Waals surface area contributed by atoms with E-state index >= 15 is 0 Å². The molecule has 0 rings (SSSR count). The Bertz CT molecular complexity index is 166. The maximum Gasteiger partial charge on any atom is 0.508 e. The van der Waals surface area contributed by atoms with Gasteiger partial charge in [-0.3, -0.25) is 0 Å². The van der Waals surface area contributed by atoms with E-state index in [9.17, 15) is 9.36 Å². The Hall–Kier alpha value is -0.670. The second-order valence-corrected chi connectivity index (χ2v) is 3.85. The molecule has 0 aliphatic carbocycles. The third kappa shape index (κ3) is 7.95. The van der Waals surface area contributed by atoms with Crippen LogP contribution in [0.2, 0.25) is 0 Å². The van der Waals surface area contributed by atoms with Crippen LogP contribution in [0, 0.1) is 0 Å². The summed E-state index contributed by atoms with van der Waals surface area (Å²) in [6.45, 7) is 4.82. The zero-order valence-corrected chi connectivity index (χ0v) is 9.51. The Morgan fingerprint density at radius 2 is 2.07 bits per heavy atom. The molecule has 0 bridgehead atoms. The number of hydrogen-bond acceptors (Lipinski definition) is 4. The van der Waals surface area contributed by atoms with Gasteiger partial charge in [-0.05, 0) is 18.4 Å². The van der Waals surface area contributed by atoms with Gasteiger partial charge in [0.25, 0.3) is 0 Å². The van der Waals surface area contributed by atoms with Crippen molar-refractivity contribution in [3.05, 3.63) is 0 Å². The highest BCUT2D eigenvalue weighted by Gasteiger charge is 2.14. The summed E-state index contributed by atoms with van der Waals surface area (Å²) < 4.78 is 20.5. The highest BCUT2D eigenvalue weighted by atomic mass is 31.1. The Labute approximate surface area is 85.0 Å².